The Morgan fingerprint density at radius 2 is 2.33 bits per heavy atom. The number of halogens is 1. The van der Waals surface area contributed by atoms with E-state index in [4.69, 9.17) is 5.11 Å². The number of carboxylic acid groups (broad SMARTS) is 1. The van der Waals surface area contributed by atoms with Crippen molar-refractivity contribution in [1.82, 2.24) is 9.55 Å². The summed E-state index contributed by atoms with van der Waals surface area (Å²) in [6.07, 6.45) is 2.63. The van der Waals surface area contributed by atoms with Gasteiger partial charge in [0.05, 0.1) is 16.8 Å². The lowest BCUT2D eigenvalue weighted by molar-refractivity contribution is -0.133. The summed E-state index contributed by atoms with van der Waals surface area (Å²) in [5, 5.41) is 9.70. The van der Waals surface area contributed by atoms with E-state index >= 15 is 0 Å². The van der Waals surface area contributed by atoms with Crippen LogP contribution in [0.15, 0.2) is 27.8 Å². The normalized spacial score (nSPS) is 16.3. The summed E-state index contributed by atoms with van der Waals surface area (Å²) in [5.74, 6) is 0.648. The minimum Gasteiger partial charge on any atom is -0.481 e. The first-order chi connectivity index (χ1) is 10.0. The number of thioether (sulfide) groups is 1. The van der Waals surface area contributed by atoms with Crippen molar-refractivity contribution in [1.29, 1.82) is 0 Å². The topological polar surface area (TPSA) is 55.1 Å². The van der Waals surface area contributed by atoms with Gasteiger partial charge in [-0.05, 0) is 42.9 Å². The fraction of sp³-hybridized carbons (Fsp3) is 0.467. The van der Waals surface area contributed by atoms with Gasteiger partial charge in [-0.25, -0.2) is 4.98 Å². The molecular weight excluding hydrogens is 352 g/mol. The lowest BCUT2D eigenvalue weighted by atomic mass is 10.1. The zero-order valence-corrected chi connectivity index (χ0v) is 14.2. The van der Waals surface area contributed by atoms with Crippen LogP contribution in [0.4, 0.5) is 0 Å². The maximum atomic E-state index is 10.8. The number of imidazole rings is 1. The smallest absolute Gasteiger partial charge is 0.313 e. The molecule has 0 radical (unpaired) electrons. The van der Waals surface area contributed by atoms with Gasteiger partial charge in [0.2, 0.25) is 0 Å². The van der Waals surface area contributed by atoms with Crippen LogP contribution in [-0.2, 0) is 11.3 Å². The highest BCUT2D eigenvalue weighted by molar-refractivity contribution is 9.10. The van der Waals surface area contributed by atoms with Crippen LogP contribution >= 0.6 is 27.7 Å². The predicted octanol–water partition coefficient (Wildman–Crippen LogP) is 4.02. The Labute approximate surface area is 136 Å². The molecule has 112 valence electrons. The quantitative estimate of drug-likeness (QED) is 0.782. The molecule has 1 fully saturated rings. The van der Waals surface area contributed by atoms with Crippen molar-refractivity contribution < 1.29 is 9.90 Å². The molecule has 1 unspecified atom stereocenters. The molecule has 0 amide bonds. The fourth-order valence-corrected chi connectivity index (χ4v) is 3.68. The average molecular weight is 369 g/mol. The van der Waals surface area contributed by atoms with Crippen molar-refractivity contribution in [2.75, 3.05) is 5.75 Å². The van der Waals surface area contributed by atoms with E-state index in [1.165, 1.54) is 24.6 Å². The molecule has 21 heavy (non-hydrogen) atoms. The van der Waals surface area contributed by atoms with Crippen molar-refractivity contribution >= 4 is 44.7 Å². The van der Waals surface area contributed by atoms with E-state index < -0.39 is 5.97 Å². The predicted molar refractivity (Wildman–Crippen MR) is 87.7 cm³/mol. The third-order valence-electron chi connectivity index (χ3n) is 3.90. The van der Waals surface area contributed by atoms with E-state index in [0.717, 1.165) is 33.1 Å². The second-order valence-corrected chi connectivity index (χ2v) is 7.49. The molecule has 2 aromatic rings. The third-order valence-corrected chi connectivity index (χ3v) is 5.35. The van der Waals surface area contributed by atoms with Gasteiger partial charge in [-0.2, -0.15) is 0 Å². The largest absolute Gasteiger partial charge is 0.481 e. The highest BCUT2D eigenvalue weighted by atomic mass is 79.9. The maximum absolute atomic E-state index is 10.8. The van der Waals surface area contributed by atoms with Crippen LogP contribution in [0.25, 0.3) is 11.0 Å². The van der Waals surface area contributed by atoms with E-state index in [9.17, 15) is 4.79 Å². The van der Waals surface area contributed by atoms with Gasteiger partial charge in [0, 0.05) is 11.0 Å². The Balaban J connectivity index is 1.96. The zero-order valence-electron chi connectivity index (χ0n) is 11.8. The van der Waals surface area contributed by atoms with Crippen molar-refractivity contribution in [3.8, 4) is 0 Å². The molecule has 3 rings (SSSR count). The van der Waals surface area contributed by atoms with E-state index in [1.54, 1.807) is 0 Å². The molecule has 1 N–H and O–H groups in total. The summed E-state index contributed by atoms with van der Waals surface area (Å²) in [5.41, 5.74) is 2.00. The SMILES string of the molecule is CC(Cn1c(SCC(=O)O)nc2ccc(Br)cc21)C1CC1. The van der Waals surface area contributed by atoms with Gasteiger partial charge >= 0.3 is 5.97 Å². The first-order valence-corrected chi connectivity index (χ1v) is 8.83. The number of carbonyl (C=O) groups is 1. The van der Waals surface area contributed by atoms with Gasteiger partial charge in [0.1, 0.15) is 0 Å². The van der Waals surface area contributed by atoms with Crippen LogP contribution in [0.1, 0.15) is 19.8 Å². The standard InChI is InChI=1S/C15H17BrN2O2S/c1-9(10-2-3-10)7-18-13-6-11(16)4-5-12(13)17-15(18)21-8-14(19)20/h4-6,9-10H,2-3,7-8H2,1H3,(H,19,20). The zero-order chi connectivity index (χ0) is 15.0. The molecule has 0 saturated heterocycles. The van der Waals surface area contributed by atoms with Crippen molar-refractivity contribution in [3.63, 3.8) is 0 Å². The van der Waals surface area contributed by atoms with Crippen LogP contribution in [-0.4, -0.2) is 26.4 Å². The number of rotatable bonds is 6. The van der Waals surface area contributed by atoms with E-state index in [-0.39, 0.29) is 5.75 Å². The number of carboxylic acids is 1. The molecule has 0 spiro atoms. The lowest BCUT2D eigenvalue weighted by Gasteiger charge is -2.14. The minimum atomic E-state index is -0.810. The summed E-state index contributed by atoms with van der Waals surface area (Å²) >= 11 is 4.80. The van der Waals surface area contributed by atoms with Crippen molar-refractivity contribution in [3.05, 3.63) is 22.7 Å². The van der Waals surface area contributed by atoms with E-state index in [2.05, 4.69) is 38.5 Å². The minimum absolute atomic E-state index is 0.0439. The molecule has 1 atom stereocenters. The number of benzene rings is 1. The molecule has 0 aliphatic heterocycles. The summed E-state index contributed by atoms with van der Waals surface area (Å²) in [6.45, 7) is 3.17. The van der Waals surface area contributed by atoms with Crippen molar-refractivity contribution in [2.24, 2.45) is 11.8 Å². The number of hydrogen-bond donors (Lipinski definition) is 1. The van der Waals surface area contributed by atoms with Crippen LogP contribution in [0, 0.1) is 11.8 Å². The van der Waals surface area contributed by atoms with Gasteiger partial charge in [-0.1, -0.05) is 34.6 Å². The molecule has 1 aliphatic carbocycles. The molecule has 0 bridgehead atoms. The molecule has 1 aromatic heterocycles. The Bertz CT molecular complexity index is 682. The number of nitrogens with zero attached hydrogens (tertiary/aromatic N) is 2. The highest BCUT2D eigenvalue weighted by Gasteiger charge is 2.29. The molecule has 1 aromatic carbocycles. The third kappa shape index (κ3) is 3.43. The summed E-state index contributed by atoms with van der Waals surface area (Å²) < 4.78 is 3.20. The van der Waals surface area contributed by atoms with Gasteiger partial charge in [0.25, 0.3) is 0 Å². The second-order valence-electron chi connectivity index (χ2n) is 5.64. The molecule has 6 heteroatoms. The molecule has 1 saturated carbocycles. The number of aliphatic carboxylic acids is 1. The number of aromatic nitrogens is 2. The molecular formula is C15H17BrN2O2S. The maximum Gasteiger partial charge on any atom is 0.313 e. The lowest BCUT2D eigenvalue weighted by Crippen LogP contribution is -2.11. The van der Waals surface area contributed by atoms with Gasteiger partial charge in [-0.3, -0.25) is 4.79 Å². The summed E-state index contributed by atoms with van der Waals surface area (Å²) in [6, 6.07) is 6.00. The van der Waals surface area contributed by atoms with Crippen LogP contribution < -0.4 is 0 Å². The van der Waals surface area contributed by atoms with Gasteiger partial charge in [-0.15, -0.1) is 0 Å². The fourth-order valence-electron chi connectivity index (χ4n) is 2.59. The Morgan fingerprint density at radius 1 is 1.57 bits per heavy atom. The Hall–Kier alpha value is -1.01. The first-order valence-electron chi connectivity index (χ1n) is 7.05. The second kappa shape index (κ2) is 6.01. The molecule has 4 nitrogen and oxygen atoms in total. The first kappa shape index (κ1) is 14.9. The van der Waals surface area contributed by atoms with Gasteiger partial charge in [0.15, 0.2) is 5.16 Å². The van der Waals surface area contributed by atoms with E-state index in [0.29, 0.717) is 5.92 Å². The van der Waals surface area contributed by atoms with E-state index in [1.807, 2.05) is 12.1 Å². The Morgan fingerprint density at radius 3 is 3.00 bits per heavy atom. The van der Waals surface area contributed by atoms with Crippen LogP contribution in [0.2, 0.25) is 0 Å². The summed E-state index contributed by atoms with van der Waals surface area (Å²) in [4.78, 5) is 15.4. The summed E-state index contributed by atoms with van der Waals surface area (Å²) in [7, 11) is 0. The van der Waals surface area contributed by atoms with Crippen molar-refractivity contribution in [2.45, 2.75) is 31.5 Å². The average Bonchev–Trinajstić information content (AvgIpc) is 3.22. The van der Waals surface area contributed by atoms with Gasteiger partial charge < -0.3 is 9.67 Å². The number of fused-ring (bicyclic) bond motifs is 1. The number of hydrogen-bond acceptors (Lipinski definition) is 3. The molecule has 1 aliphatic rings. The molecule has 1 heterocycles. The monoisotopic (exact) mass is 368 g/mol. The van der Waals surface area contributed by atoms with Crippen LogP contribution in [0.5, 0.6) is 0 Å². The Kier molecular flexibility index (Phi) is 4.26. The highest BCUT2D eigenvalue weighted by Crippen LogP contribution is 2.38. The van der Waals surface area contributed by atoms with Crippen LogP contribution in [0.3, 0.4) is 0 Å².